The van der Waals surface area contributed by atoms with E-state index in [0.717, 1.165) is 0 Å². The number of hydrogen-bond acceptors (Lipinski definition) is 3. The summed E-state index contributed by atoms with van der Waals surface area (Å²) in [7, 11) is 0. The predicted molar refractivity (Wildman–Crippen MR) is 61.8 cm³/mol. The maximum Gasteiger partial charge on any atom is 0.314 e. The lowest BCUT2D eigenvalue weighted by Crippen LogP contribution is -2.33. The molecular formula is C13H17FO3. The van der Waals surface area contributed by atoms with Gasteiger partial charge >= 0.3 is 5.97 Å². The standard InChI is InChI=1S/C13H17FO3/c1-4-17-12(16)13(2,3)11(15)9-5-7-10(14)8-6-9/h5-8,11,15H,4H2,1-3H3. The Morgan fingerprint density at radius 2 is 1.94 bits per heavy atom. The van der Waals surface area contributed by atoms with Gasteiger partial charge in [0.15, 0.2) is 0 Å². The van der Waals surface area contributed by atoms with Gasteiger partial charge in [0.05, 0.1) is 18.1 Å². The van der Waals surface area contributed by atoms with Crippen LogP contribution in [0.3, 0.4) is 0 Å². The molecule has 1 atom stereocenters. The molecule has 94 valence electrons. The van der Waals surface area contributed by atoms with Crippen molar-refractivity contribution in [3.8, 4) is 0 Å². The third-order valence-corrected chi connectivity index (χ3v) is 2.67. The molecule has 3 nitrogen and oxygen atoms in total. The van der Waals surface area contributed by atoms with Crippen molar-refractivity contribution in [1.29, 1.82) is 0 Å². The summed E-state index contributed by atoms with van der Waals surface area (Å²) in [5, 5.41) is 10.1. The van der Waals surface area contributed by atoms with Crippen LogP contribution in [0.5, 0.6) is 0 Å². The van der Waals surface area contributed by atoms with E-state index in [1.807, 2.05) is 0 Å². The zero-order valence-electron chi connectivity index (χ0n) is 10.2. The van der Waals surface area contributed by atoms with Crippen molar-refractivity contribution < 1.29 is 19.0 Å². The summed E-state index contributed by atoms with van der Waals surface area (Å²) in [5.74, 6) is -0.855. The molecule has 0 saturated heterocycles. The molecule has 17 heavy (non-hydrogen) atoms. The third-order valence-electron chi connectivity index (χ3n) is 2.67. The first-order chi connectivity index (χ1) is 7.89. The molecule has 0 aromatic heterocycles. The van der Waals surface area contributed by atoms with Crippen LogP contribution in [0.15, 0.2) is 24.3 Å². The lowest BCUT2D eigenvalue weighted by Gasteiger charge is -2.28. The van der Waals surface area contributed by atoms with E-state index in [9.17, 15) is 14.3 Å². The highest BCUT2D eigenvalue weighted by molar-refractivity contribution is 5.77. The zero-order valence-corrected chi connectivity index (χ0v) is 10.2. The minimum Gasteiger partial charge on any atom is -0.465 e. The number of carbonyl (C=O) groups is 1. The fraction of sp³-hybridized carbons (Fsp3) is 0.462. The monoisotopic (exact) mass is 240 g/mol. The molecule has 0 aliphatic rings. The summed E-state index contributed by atoms with van der Waals surface area (Å²) in [4.78, 5) is 11.7. The number of esters is 1. The summed E-state index contributed by atoms with van der Waals surface area (Å²) in [5.41, 5.74) is -0.571. The maximum atomic E-state index is 12.8. The van der Waals surface area contributed by atoms with E-state index < -0.39 is 17.5 Å². The van der Waals surface area contributed by atoms with Gasteiger partial charge in [-0.1, -0.05) is 12.1 Å². The summed E-state index contributed by atoms with van der Waals surface area (Å²) >= 11 is 0. The van der Waals surface area contributed by atoms with Gasteiger partial charge in [-0.05, 0) is 38.5 Å². The molecule has 0 fully saturated rings. The Kier molecular flexibility index (Phi) is 4.23. The summed E-state index contributed by atoms with van der Waals surface area (Å²) in [6, 6.07) is 5.42. The van der Waals surface area contributed by atoms with Crippen LogP contribution in [-0.4, -0.2) is 17.7 Å². The highest BCUT2D eigenvalue weighted by Crippen LogP contribution is 2.34. The van der Waals surface area contributed by atoms with Crippen LogP contribution in [0.2, 0.25) is 0 Å². The molecule has 0 spiro atoms. The first-order valence-corrected chi connectivity index (χ1v) is 5.50. The molecule has 0 aliphatic heterocycles. The van der Waals surface area contributed by atoms with Gasteiger partial charge in [-0.3, -0.25) is 4.79 Å². The molecule has 1 rings (SSSR count). The lowest BCUT2D eigenvalue weighted by molar-refractivity contribution is -0.160. The van der Waals surface area contributed by atoms with Crippen LogP contribution >= 0.6 is 0 Å². The average molecular weight is 240 g/mol. The first kappa shape index (κ1) is 13.6. The SMILES string of the molecule is CCOC(=O)C(C)(C)C(O)c1ccc(F)cc1. The predicted octanol–water partition coefficient (Wildman–Crippen LogP) is 2.45. The second-order valence-electron chi connectivity index (χ2n) is 4.40. The van der Waals surface area contributed by atoms with Crippen molar-refractivity contribution in [2.24, 2.45) is 5.41 Å². The van der Waals surface area contributed by atoms with Crippen LogP contribution in [0.4, 0.5) is 4.39 Å². The molecular weight excluding hydrogens is 223 g/mol. The van der Waals surface area contributed by atoms with Crippen molar-refractivity contribution in [3.63, 3.8) is 0 Å². The molecule has 0 aliphatic carbocycles. The van der Waals surface area contributed by atoms with Crippen molar-refractivity contribution >= 4 is 5.97 Å². The molecule has 0 saturated carbocycles. The minimum absolute atomic E-state index is 0.262. The third kappa shape index (κ3) is 3.03. The van der Waals surface area contributed by atoms with Crippen molar-refractivity contribution in [3.05, 3.63) is 35.6 Å². The number of benzene rings is 1. The summed E-state index contributed by atoms with van der Waals surface area (Å²) < 4.78 is 17.7. The number of ether oxygens (including phenoxy) is 1. The average Bonchev–Trinajstić information content (AvgIpc) is 2.29. The van der Waals surface area contributed by atoms with Gasteiger partial charge in [0, 0.05) is 0 Å². The molecule has 0 radical (unpaired) electrons. The van der Waals surface area contributed by atoms with Gasteiger partial charge in [-0.25, -0.2) is 4.39 Å². The number of aliphatic hydroxyl groups is 1. The van der Waals surface area contributed by atoms with Crippen LogP contribution in [-0.2, 0) is 9.53 Å². The number of halogens is 1. The van der Waals surface area contributed by atoms with Crippen molar-refractivity contribution in [1.82, 2.24) is 0 Å². The molecule has 0 heterocycles. The van der Waals surface area contributed by atoms with E-state index in [-0.39, 0.29) is 12.4 Å². The highest BCUT2D eigenvalue weighted by Gasteiger charge is 2.38. The van der Waals surface area contributed by atoms with Crippen LogP contribution in [0.25, 0.3) is 0 Å². The second-order valence-corrected chi connectivity index (χ2v) is 4.40. The maximum absolute atomic E-state index is 12.8. The number of hydrogen-bond donors (Lipinski definition) is 1. The Balaban J connectivity index is 2.91. The van der Waals surface area contributed by atoms with E-state index in [4.69, 9.17) is 4.74 Å². The molecule has 1 N–H and O–H groups in total. The first-order valence-electron chi connectivity index (χ1n) is 5.50. The quantitative estimate of drug-likeness (QED) is 0.822. The lowest BCUT2D eigenvalue weighted by atomic mass is 9.82. The topological polar surface area (TPSA) is 46.5 Å². The van der Waals surface area contributed by atoms with Gasteiger partial charge in [-0.15, -0.1) is 0 Å². The second kappa shape index (κ2) is 5.27. The van der Waals surface area contributed by atoms with Gasteiger partial charge < -0.3 is 9.84 Å². The van der Waals surface area contributed by atoms with E-state index in [1.54, 1.807) is 20.8 Å². The summed E-state index contributed by atoms with van der Waals surface area (Å²) in [6.07, 6.45) is -1.03. The largest absolute Gasteiger partial charge is 0.465 e. The molecule has 0 bridgehead atoms. The van der Waals surface area contributed by atoms with E-state index in [1.165, 1.54) is 24.3 Å². The van der Waals surface area contributed by atoms with Gasteiger partial charge in [0.2, 0.25) is 0 Å². The zero-order chi connectivity index (χ0) is 13.1. The van der Waals surface area contributed by atoms with Crippen molar-refractivity contribution in [2.75, 3.05) is 6.61 Å². The summed E-state index contributed by atoms with van der Waals surface area (Å²) in [6.45, 7) is 5.16. The smallest absolute Gasteiger partial charge is 0.314 e. The molecule has 1 aromatic rings. The van der Waals surface area contributed by atoms with Gasteiger partial charge in [0.1, 0.15) is 5.82 Å². The highest BCUT2D eigenvalue weighted by atomic mass is 19.1. The van der Waals surface area contributed by atoms with Crippen molar-refractivity contribution in [2.45, 2.75) is 26.9 Å². The fourth-order valence-electron chi connectivity index (χ4n) is 1.49. The number of carbonyl (C=O) groups excluding carboxylic acids is 1. The fourth-order valence-corrected chi connectivity index (χ4v) is 1.49. The Morgan fingerprint density at radius 1 is 1.41 bits per heavy atom. The molecule has 4 heteroatoms. The molecule has 1 unspecified atom stereocenters. The number of rotatable bonds is 4. The van der Waals surface area contributed by atoms with E-state index in [2.05, 4.69) is 0 Å². The Hall–Kier alpha value is -1.42. The van der Waals surface area contributed by atoms with E-state index in [0.29, 0.717) is 5.56 Å². The number of aliphatic hydroxyl groups excluding tert-OH is 1. The Morgan fingerprint density at radius 3 is 2.41 bits per heavy atom. The normalized spacial score (nSPS) is 13.2. The molecule has 1 aromatic carbocycles. The van der Waals surface area contributed by atoms with Crippen LogP contribution in [0.1, 0.15) is 32.4 Å². The molecule has 0 amide bonds. The Bertz CT molecular complexity index is 384. The Labute approximate surface area is 100 Å². The van der Waals surface area contributed by atoms with Gasteiger partial charge in [0.25, 0.3) is 0 Å². The van der Waals surface area contributed by atoms with Crippen LogP contribution < -0.4 is 0 Å². The minimum atomic E-state index is -1.06. The van der Waals surface area contributed by atoms with E-state index >= 15 is 0 Å². The van der Waals surface area contributed by atoms with Crippen LogP contribution in [0, 0.1) is 11.2 Å². The van der Waals surface area contributed by atoms with Gasteiger partial charge in [-0.2, -0.15) is 0 Å².